The van der Waals surface area contributed by atoms with Crippen molar-refractivity contribution in [2.24, 2.45) is 5.41 Å². The fraction of sp³-hybridized carbons (Fsp3) is 0.417. The Bertz CT molecular complexity index is 369. The van der Waals surface area contributed by atoms with Gasteiger partial charge in [-0.1, -0.05) is 32.9 Å². The molecule has 0 unspecified atom stereocenters. The zero-order valence-electron chi connectivity index (χ0n) is 8.76. The molecule has 0 spiro atoms. The summed E-state index contributed by atoms with van der Waals surface area (Å²) in [5.41, 5.74) is 1.19. The number of rotatable bonds is 1. The van der Waals surface area contributed by atoms with E-state index in [1.807, 2.05) is 6.07 Å². The van der Waals surface area contributed by atoms with Crippen molar-refractivity contribution in [3.8, 4) is 0 Å². The molecule has 0 N–H and O–H groups in total. The third-order valence-corrected chi connectivity index (χ3v) is 1.87. The highest BCUT2D eigenvalue weighted by atomic mass is 19.1. The van der Waals surface area contributed by atoms with E-state index in [2.05, 4.69) is 25.6 Å². The summed E-state index contributed by atoms with van der Waals surface area (Å²) in [5, 5.41) is 0. The molecule has 0 saturated carbocycles. The first-order valence-corrected chi connectivity index (χ1v) is 4.58. The molecule has 0 atom stereocenters. The van der Waals surface area contributed by atoms with Crippen LogP contribution in [0.15, 0.2) is 18.2 Å². The van der Waals surface area contributed by atoms with Crippen LogP contribution in [0.25, 0.3) is 4.85 Å². The highest BCUT2D eigenvalue weighted by molar-refractivity contribution is 5.47. The lowest BCUT2D eigenvalue weighted by atomic mass is 9.88. The summed E-state index contributed by atoms with van der Waals surface area (Å²) in [7, 11) is 0. The summed E-state index contributed by atoms with van der Waals surface area (Å²) in [6.07, 6.45) is 0.822. The molecule has 0 amide bonds. The van der Waals surface area contributed by atoms with E-state index in [9.17, 15) is 4.39 Å². The number of nitrogens with zero attached hydrogens (tertiary/aromatic N) is 1. The Morgan fingerprint density at radius 2 is 2.00 bits per heavy atom. The van der Waals surface area contributed by atoms with Crippen molar-refractivity contribution >= 4 is 5.69 Å². The Hall–Kier alpha value is -1.36. The van der Waals surface area contributed by atoms with E-state index in [4.69, 9.17) is 6.57 Å². The first kappa shape index (κ1) is 10.7. The standard InChI is InChI=1S/C12H14FN/c1-12(2,3)8-9-5-6-11(14-4)10(13)7-9/h5-7H,8H2,1-3H3. The molecule has 1 aromatic carbocycles. The molecule has 0 radical (unpaired) electrons. The monoisotopic (exact) mass is 191 g/mol. The molecule has 0 aliphatic rings. The summed E-state index contributed by atoms with van der Waals surface area (Å²) in [6.45, 7) is 13.0. The Morgan fingerprint density at radius 3 is 2.43 bits per heavy atom. The van der Waals surface area contributed by atoms with Gasteiger partial charge in [0.2, 0.25) is 5.69 Å². The first-order chi connectivity index (χ1) is 6.42. The molecule has 1 aromatic rings. The Morgan fingerprint density at radius 1 is 1.36 bits per heavy atom. The number of hydrogen-bond donors (Lipinski definition) is 0. The van der Waals surface area contributed by atoms with Crippen LogP contribution in [0.2, 0.25) is 0 Å². The molecule has 0 aliphatic carbocycles. The first-order valence-electron chi connectivity index (χ1n) is 4.58. The van der Waals surface area contributed by atoms with Gasteiger partial charge < -0.3 is 0 Å². The normalized spacial score (nSPS) is 11.1. The van der Waals surface area contributed by atoms with Gasteiger partial charge in [-0.15, -0.1) is 0 Å². The minimum Gasteiger partial charge on any atom is -0.235 e. The topological polar surface area (TPSA) is 4.36 Å². The largest absolute Gasteiger partial charge is 0.235 e. The van der Waals surface area contributed by atoms with Gasteiger partial charge >= 0.3 is 0 Å². The zero-order chi connectivity index (χ0) is 10.8. The molecule has 2 heteroatoms. The van der Waals surface area contributed by atoms with Crippen LogP contribution in [0.3, 0.4) is 0 Å². The molecule has 1 nitrogen and oxygen atoms in total. The highest BCUT2D eigenvalue weighted by Crippen LogP contribution is 2.24. The van der Waals surface area contributed by atoms with Gasteiger partial charge in [-0.25, -0.2) is 9.24 Å². The minimum absolute atomic E-state index is 0.0997. The van der Waals surface area contributed by atoms with Crippen molar-refractivity contribution in [1.29, 1.82) is 0 Å². The second-order valence-electron chi connectivity index (χ2n) is 4.64. The smallest absolute Gasteiger partial charge is 0.222 e. The SMILES string of the molecule is [C-]#[N+]c1ccc(CC(C)(C)C)cc1F. The average Bonchev–Trinajstić information content (AvgIpc) is 2.01. The number of benzene rings is 1. The lowest BCUT2D eigenvalue weighted by Gasteiger charge is -2.18. The quantitative estimate of drug-likeness (QED) is 0.592. The van der Waals surface area contributed by atoms with E-state index in [1.165, 1.54) is 6.07 Å². The fourth-order valence-corrected chi connectivity index (χ4v) is 1.36. The van der Waals surface area contributed by atoms with Gasteiger partial charge in [-0.3, -0.25) is 0 Å². The van der Waals surface area contributed by atoms with Crippen LogP contribution in [0.5, 0.6) is 0 Å². The molecule has 74 valence electrons. The average molecular weight is 191 g/mol. The van der Waals surface area contributed by atoms with Gasteiger partial charge in [0.15, 0.2) is 0 Å². The maximum Gasteiger partial charge on any atom is 0.222 e. The van der Waals surface area contributed by atoms with Crippen LogP contribution in [0.1, 0.15) is 26.3 Å². The summed E-state index contributed by atoms with van der Waals surface area (Å²) >= 11 is 0. The fourth-order valence-electron chi connectivity index (χ4n) is 1.36. The van der Waals surface area contributed by atoms with Crippen LogP contribution >= 0.6 is 0 Å². The van der Waals surface area contributed by atoms with Crippen molar-refractivity contribution in [3.05, 3.63) is 41.0 Å². The van der Waals surface area contributed by atoms with Gasteiger partial charge in [-0.05, 0) is 23.5 Å². The van der Waals surface area contributed by atoms with Crippen molar-refractivity contribution in [1.82, 2.24) is 0 Å². The maximum absolute atomic E-state index is 13.2. The molecule has 0 heterocycles. The molecule has 14 heavy (non-hydrogen) atoms. The van der Waals surface area contributed by atoms with Gasteiger partial charge in [-0.2, -0.15) is 0 Å². The predicted octanol–water partition coefficient (Wildman–Crippen LogP) is 3.97. The summed E-state index contributed by atoms with van der Waals surface area (Å²) in [5.74, 6) is -0.415. The van der Waals surface area contributed by atoms with Crippen LogP contribution in [-0.2, 0) is 6.42 Å². The zero-order valence-corrected chi connectivity index (χ0v) is 8.76. The third kappa shape index (κ3) is 2.85. The van der Waals surface area contributed by atoms with E-state index >= 15 is 0 Å². The number of hydrogen-bond acceptors (Lipinski definition) is 0. The summed E-state index contributed by atoms with van der Waals surface area (Å²) in [4.78, 5) is 3.08. The molecular formula is C12H14FN. The van der Waals surface area contributed by atoms with Gasteiger partial charge in [0.25, 0.3) is 0 Å². The van der Waals surface area contributed by atoms with Crippen LogP contribution in [-0.4, -0.2) is 0 Å². The molecule has 0 bridgehead atoms. The van der Waals surface area contributed by atoms with E-state index in [0.717, 1.165) is 12.0 Å². The van der Waals surface area contributed by atoms with E-state index in [0.29, 0.717) is 0 Å². The second kappa shape index (κ2) is 3.79. The Kier molecular flexibility index (Phi) is 2.90. The maximum atomic E-state index is 13.2. The Balaban J connectivity index is 2.94. The van der Waals surface area contributed by atoms with E-state index < -0.39 is 5.82 Å². The second-order valence-corrected chi connectivity index (χ2v) is 4.64. The summed E-state index contributed by atoms with van der Waals surface area (Å²) < 4.78 is 13.2. The number of halogens is 1. The van der Waals surface area contributed by atoms with Gasteiger partial charge in [0, 0.05) is 0 Å². The third-order valence-electron chi connectivity index (χ3n) is 1.87. The molecule has 0 fully saturated rings. The van der Waals surface area contributed by atoms with Crippen molar-refractivity contribution in [3.63, 3.8) is 0 Å². The van der Waals surface area contributed by atoms with Crippen LogP contribution in [0.4, 0.5) is 10.1 Å². The van der Waals surface area contributed by atoms with Crippen molar-refractivity contribution in [2.45, 2.75) is 27.2 Å². The van der Waals surface area contributed by atoms with Crippen LogP contribution < -0.4 is 0 Å². The van der Waals surface area contributed by atoms with Crippen molar-refractivity contribution < 1.29 is 4.39 Å². The molecular weight excluding hydrogens is 177 g/mol. The van der Waals surface area contributed by atoms with E-state index in [1.54, 1.807) is 6.07 Å². The van der Waals surface area contributed by atoms with E-state index in [-0.39, 0.29) is 11.1 Å². The summed E-state index contributed by atoms with van der Waals surface area (Å²) in [6, 6.07) is 4.82. The van der Waals surface area contributed by atoms with Crippen molar-refractivity contribution in [2.75, 3.05) is 0 Å². The minimum atomic E-state index is -0.415. The lowest BCUT2D eigenvalue weighted by Crippen LogP contribution is -2.09. The molecule has 1 rings (SSSR count). The Labute approximate surface area is 84.4 Å². The highest BCUT2D eigenvalue weighted by Gasteiger charge is 2.12. The molecule has 0 saturated heterocycles. The molecule has 0 aromatic heterocycles. The molecule has 0 aliphatic heterocycles. The predicted molar refractivity (Wildman–Crippen MR) is 55.8 cm³/mol. The van der Waals surface area contributed by atoms with Gasteiger partial charge in [0.1, 0.15) is 5.82 Å². The lowest BCUT2D eigenvalue weighted by molar-refractivity contribution is 0.410. The van der Waals surface area contributed by atoms with Crippen LogP contribution in [0, 0.1) is 17.8 Å². The van der Waals surface area contributed by atoms with Gasteiger partial charge in [0.05, 0.1) is 6.57 Å².